The van der Waals surface area contributed by atoms with Crippen molar-refractivity contribution in [3.63, 3.8) is 0 Å². The molecule has 1 aliphatic rings. The van der Waals surface area contributed by atoms with Crippen LogP contribution < -0.4 is 24.0 Å². The summed E-state index contributed by atoms with van der Waals surface area (Å²) in [5.41, 5.74) is 3.29. The molecule has 0 unspecified atom stereocenters. The third-order valence-corrected chi connectivity index (χ3v) is 6.69. The Bertz CT molecular complexity index is 900. The molecule has 0 aliphatic carbocycles. The first-order valence-electron chi connectivity index (χ1n) is 7.86. The monoisotopic (exact) mass is 455 g/mol. The molecule has 0 saturated carbocycles. The molecule has 0 radical (unpaired) electrons. The van der Waals surface area contributed by atoms with E-state index in [2.05, 4.69) is 32.3 Å². The summed E-state index contributed by atoms with van der Waals surface area (Å²) in [6.45, 7) is 9.41. The average molecular weight is 455 g/mol. The molecule has 0 bridgehead atoms. The summed E-state index contributed by atoms with van der Waals surface area (Å²) in [6.07, 6.45) is 0. The second kappa shape index (κ2) is 6.59. The second-order valence-corrected chi connectivity index (χ2v) is 8.40. The van der Waals surface area contributed by atoms with E-state index < -0.39 is 9.84 Å². The Labute approximate surface area is 161 Å². The predicted octanol–water partition coefficient (Wildman–Crippen LogP) is 0.939. The lowest BCUT2D eigenvalue weighted by Gasteiger charge is -2.16. The molecule has 0 spiro atoms. The highest BCUT2D eigenvalue weighted by Crippen LogP contribution is 2.41. The van der Waals surface area contributed by atoms with Crippen LogP contribution in [0.3, 0.4) is 0 Å². The van der Waals surface area contributed by atoms with Crippen LogP contribution >= 0.6 is 0 Å². The largest absolute Gasteiger partial charge is 1.00 e. The highest BCUT2D eigenvalue weighted by Gasteiger charge is 2.43. The lowest BCUT2D eigenvalue weighted by molar-refractivity contribution is -0.434. The highest BCUT2D eigenvalue weighted by molar-refractivity contribution is 7.91. The van der Waals surface area contributed by atoms with Crippen molar-refractivity contribution in [3.8, 4) is 0 Å². The van der Waals surface area contributed by atoms with Gasteiger partial charge in [-0.3, -0.25) is 0 Å². The molecular formula is C19H22INO2S. The molecule has 1 heterocycles. The van der Waals surface area contributed by atoms with E-state index in [0.29, 0.717) is 9.79 Å². The minimum absolute atomic E-state index is 0. The minimum atomic E-state index is -3.48. The molecule has 2 aromatic rings. The third-order valence-electron chi connectivity index (χ3n) is 4.92. The van der Waals surface area contributed by atoms with Gasteiger partial charge in [-0.05, 0) is 45.0 Å². The fourth-order valence-corrected chi connectivity index (χ4v) is 4.58. The summed E-state index contributed by atoms with van der Waals surface area (Å²) >= 11 is 0. The topological polar surface area (TPSA) is 37.1 Å². The first-order valence-corrected chi connectivity index (χ1v) is 9.34. The maximum absolute atomic E-state index is 12.9. The average Bonchev–Trinajstić information content (AvgIpc) is 2.74. The van der Waals surface area contributed by atoms with Crippen LogP contribution in [0, 0.1) is 0 Å². The number of hydrogen-bond acceptors (Lipinski definition) is 2. The molecule has 0 saturated heterocycles. The van der Waals surface area contributed by atoms with Gasteiger partial charge in [0.25, 0.3) is 0 Å². The first-order chi connectivity index (χ1) is 10.8. The van der Waals surface area contributed by atoms with Gasteiger partial charge in [-0.25, -0.2) is 8.42 Å². The van der Waals surface area contributed by atoms with E-state index in [1.807, 2.05) is 18.2 Å². The van der Waals surface area contributed by atoms with Crippen molar-refractivity contribution in [3.05, 3.63) is 54.1 Å². The third kappa shape index (κ3) is 2.81. The summed E-state index contributed by atoms with van der Waals surface area (Å²) in [4.78, 5) is 0.699. The van der Waals surface area contributed by atoms with Crippen molar-refractivity contribution in [1.82, 2.24) is 0 Å². The van der Waals surface area contributed by atoms with Gasteiger partial charge in [-0.15, -0.1) is 0 Å². The van der Waals surface area contributed by atoms with Crippen LogP contribution in [0.5, 0.6) is 0 Å². The summed E-state index contributed by atoms with van der Waals surface area (Å²) in [7, 11) is -3.48. The SMILES string of the molecule is CC[N+]1=C(C)C(C)(C)c2cc(S(=O)(=O)c3ccccc3)ccc21.[I-]. The Kier molecular flexibility index (Phi) is 5.25. The normalized spacial score (nSPS) is 15.8. The van der Waals surface area contributed by atoms with Crippen LogP contribution in [0.1, 0.15) is 33.3 Å². The molecule has 1 aliphatic heterocycles. The van der Waals surface area contributed by atoms with E-state index in [1.54, 1.807) is 30.3 Å². The Hall–Kier alpha value is -1.21. The maximum atomic E-state index is 12.9. The standard InChI is InChI=1S/C19H22NO2S.HI/c1-5-20-14(2)19(3,4)17-13-16(11-12-18(17)20)23(21,22)15-9-7-6-8-10-15;/h6-13H,5H2,1-4H3;1H/q+1;/p-1. The van der Waals surface area contributed by atoms with Crippen molar-refractivity contribution < 1.29 is 37.0 Å². The molecule has 0 fully saturated rings. The number of halogens is 1. The maximum Gasteiger partial charge on any atom is 0.209 e. The van der Waals surface area contributed by atoms with Crippen LogP contribution in [0.15, 0.2) is 58.3 Å². The zero-order chi connectivity index (χ0) is 16.8. The van der Waals surface area contributed by atoms with Crippen molar-refractivity contribution in [2.24, 2.45) is 0 Å². The first kappa shape index (κ1) is 19.1. The van der Waals surface area contributed by atoms with E-state index in [0.717, 1.165) is 17.8 Å². The quantitative estimate of drug-likeness (QED) is 0.511. The van der Waals surface area contributed by atoms with Crippen molar-refractivity contribution in [2.45, 2.75) is 42.9 Å². The lowest BCUT2D eigenvalue weighted by Crippen LogP contribution is -3.00. The molecule has 3 nitrogen and oxygen atoms in total. The van der Waals surface area contributed by atoms with Crippen LogP contribution in [0.4, 0.5) is 5.69 Å². The Balaban J connectivity index is 0.00000208. The smallest absolute Gasteiger partial charge is 0.209 e. The molecule has 2 aromatic carbocycles. The lowest BCUT2D eigenvalue weighted by atomic mass is 9.82. The zero-order valence-electron chi connectivity index (χ0n) is 14.4. The van der Waals surface area contributed by atoms with Crippen molar-refractivity contribution in [1.29, 1.82) is 0 Å². The number of sulfone groups is 1. The van der Waals surface area contributed by atoms with Gasteiger partial charge in [0.1, 0.15) is 6.54 Å². The summed E-state index contributed by atoms with van der Waals surface area (Å²) in [6, 6.07) is 14.1. The Morgan fingerprint density at radius 2 is 1.62 bits per heavy atom. The zero-order valence-corrected chi connectivity index (χ0v) is 17.3. The van der Waals surface area contributed by atoms with Crippen LogP contribution in [-0.4, -0.2) is 25.2 Å². The molecule has 24 heavy (non-hydrogen) atoms. The molecule has 0 aromatic heterocycles. The number of rotatable bonds is 3. The van der Waals surface area contributed by atoms with Gasteiger partial charge in [0, 0.05) is 18.6 Å². The van der Waals surface area contributed by atoms with E-state index >= 15 is 0 Å². The van der Waals surface area contributed by atoms with E-state index in [4.69, 9.17) is 0 Å². The fourth-order valence-electron chi connectivity index (χ4n) is 3.27. The fraction of sp³-hybridized carbons (Fsp3) is 0.316. The van der Waals surface area contributed by atoms with Gasteiger partial charge >= 0.3 is 0 Å². The molecule has 3 rings (SSSR count). The molecule has 5 heteroatoms. The molecule has 0 N–H and O–H groups in total. The van der Waals surface area contributed by atoms with Crippen molar-refractivity contribution >= 4 is 21.2 Å². The molecule has 128 valence electrons. The van der Waals surface area contributed by atoms with Crippen LogP contribution in [-0.2, 0) is 15.3 Å². The van der Waals surface area contributed by atoms with Crippen LogP contribution in [0.2, 0.25) is 0 Å². The van der Waals surface area contributed by atoms with Crippen LogP contribution in [0.25, 0.3) is 0 Å². The number of hydrogen-bond donors (Lipinski definition) is 0. The van der Waals surface area contributed by atoms with Crippen molar-refractivity contribution in [2.75, 3.05) is 6.54 Å². The van der Waals surface area contributed by atoms with E-state index in [9.17, 15) is 8.42 Å². The summed E-state index contributed by atoms with van der Waals surface area (Å²) in [5.74, 6) is 0. The van der Waals surface area contributed by atoms with Gasteiger partial charge < -0.3 is 24.0 Å². The molecular weight excluding hydrogens is 433 g/mol. The Morgan fingerprint density at radius 1 is 1.00 bits per heavy atom. The van der Waals surface area contributed by atoms with Gasteiger partial charge in [0.2, 0.25) is 15.5 Å². The summed E-state index contributed by atoms with van der Waals surface area (Å²) in [5, 5.41) is 0. The number of nitrogens with zero attached hydrogens (tertiary/aromatic N) is 1. The number of benzene rings is 2. The van der Waals surface area contributed by atoms with E-state index in [-0.39, 0.29) is 29.4 Å². The molecule has 0 atom stereocenters. The summed E-state index contributed by atoms with van der Waals surface area (Å²) < 4.78 is 28.0. The van der Waals surface area contributed by atoms with Gasteiger partial charge in [0.15, 0.2) is 5.71 Å². The van der Waals surface area contributed by atoms with Gasteiger partial charge in [0.05, 0.1) is 15.2 Å². The minimum Gasteiger partial charge on any atom is -1.00 e. The Morgan fingerprint density at radius 3 is 2.21 bits per heavy atom. The highest BCUT2D eigenvalue weighted by atomic mass is 127. The second-order valence-electron chi connectivity index (χ2n) is 6.45. The molecule has 0 amide bonds. The number of fused-ring (bicyclic) bond motifs is 1. The van der Waals surface area contributed by atoms with Gasteiger partial charge in [-0.1, -0.05) is 18.2 Å². The van der Waals surface area contributed by atoms with E-state index in [1.165, 1.54) is 5.71 Å². The van der Waals surface area contributed by atoms with Gasteiger partial charge in [-0.2, -0.15) is 4.58 Å². The predicted molar refractivity (Wildman–Crippen MR) is 92.5 cm³/mol.